The SMILES string of the molecule is C[C@H](c1ccncc1)N(C)C[C@@H](c1cccs1)N1CCOCC1. The van der Waals surface area contributed by atoms with Crippen molar-refractivity contribution in [2.75, 3.05) is 39.9 Å². The summed E-state index contributed by atoms with van der Waals surface area (Å²) in [6.07, 6.45) is 3.75. The van der Waals surface area contributed by atoms with Crippen molar-refractivity contribution in [3.63, 3.8) is 0 Å². The lowest BCUT2D eigenvalue weighted by atomic mass is 10.1. The maximum Gasteiger partial charge on any atom is 0.0594 e. The first-order valence-electron chi connectivity index (χ1n) is 8.21. The number of ether oxygens (including phenoxy) is 1. The van der Waals surface area contributed by atoms with Gasteiger partial charge in [-0.05, 0) is 43.1 Å². The summed E-state index contributed by atoms with van der Waals surface area (Å²) in [6.45, 7) is 6.99. The summed E-state index contributed by atoms with van der Waals surface area (Å²) in [7, 11) is 2.21. The summed E-state index contributed by atoms with van der Waals surface area (Å²) < 4.78 is 5.53. The number of rotatable bonds is 6. The average Bonchev–Trinajstić information content (AvgIpc) is 3.14. The van der Waals surface area contributed by atoms with Crippen LogP contribution >= 0.6 is 11.3 Å². The van der Waals surface area contributed by atoms with Crippen LogP contribution in [0, 0.1) is 0 Å². The van der Waals surface area contributed by atoms with E-state index < -0.39 is 0 Å². The Morgan fingerprint density at radius 1 is 1.26 bits per heavy atom. The molecule has 0 saturated carbocycles. The fourth-order valence-electron chi connectivity index (χ4n) is 3.08. The second-order valence-electron chi connectivity index (χ2n) is 6.08. The normalized spacial score (nSPS) is 18.9. The van der Waals surface area contributed by atoms with Gasteiger partial charge in [-0.15, -0.1) is 11.3 Å². The quantitative estimate of drug-likeness (QED) is 0.813. The molecule has 3 heterocycles. The van der Waals surface area contributed by atoms with Crippen molar-refractivity contribution in [1.29, 1.82) is 0 Å². The predicted molar refractivity (Wildman–Crippen MR) is 94.7 cm³/mol. The highest BCUT2D eigenvalue weighted by atomic mass is 32.1. The summed E-state index contributed by atoms with van der Waals surface area (Å²) in [5, 5.41) is 2.18. The van der Waals surface area contributed by atoms with E-state index in [-0.39, 0.29) is 0 Å². The maximum absolute atomic E-state index is 5.53. The third-order valence-electron chi connectivity index (χ3n) is 4.67. The monoisotopic (exact) mass is 331 g/mol. The van der Waals surface area contributed by atoms with Gasteiger partial charge in [-0.1, -0.05) is 6.07 Å². The molecule has 0 unspecified atom stereocenters. The molecule has 0 amide bonds. The second-order valence-corrected chi connectivity index (χ2v) is 7.05. The van der Waals surface area contributed by atoms with Crippen molar-refractivity contribution in [3.8, 4) is 0 Å². The highest BCUT2D eigenvalue weighted by Crippen LogP contribution is 2.29. The van der Waals surface area contributed by atoms with Crippen molar-refractivity contribution in [3.05, 3.63) is 52.5 Å². The molecule has 0 aromatic carbocycles. The van der Waals surface area contributed by atoms with E-state index in [4.69, 9.17) is 4.74 Å². The number of hydrogen-bond acceptors (Lipinski definition) is 5. The number of hydrogen-bond donors (Lipinski definition) is 0. The Morgan fingerprint density at radius 3 is 2.65 bits per heavy atom. The molecule has 4 nitrogen and oxygen atoms in total. The van der Waals surface area contributed by atoms with E-state index in [1.165, 1.54) is 10.4 Å². The average molecular weight is 331 g/mol. The fraction of sp³-hybridized carbons (Fsp3) is 0.500. The van der Waals surface area contributed by atoms with Gasteiger partial charge >= 0.3 is 0 Å². The van der Waals surface area contributed by atoms with Crippen LogP contribution in [0.4, 0.5) is 0 Å². The van der Waals surface area contributed by atoms with E-state index in [0.29, 0.717) is 12.1 Å². The lowest BCUT2D eigenvalue weighted by Gasteiger charge is -2.37. The molecular weight excluding hydrogens is 306 g/mol. The molecule has 1 saturated heterocycles. The Kier molecular flexibility index (Phi) is 5.78. The third-order valence-corrected chi connectivity index (χ3v) is 5.64. The van der Waals surface area contributed by atoms with E-state index in [2.05, 4.69) is 58.4 Å². The maximum atomic E-state index is 5.53. The van der Waals surface area contributed by atoms with Crippen LogP contribution in [-0.4, -0.2) is 54.7 Å². The molecule has 2 atom stereocenters. The van der Waals surface area contributed by atoms with E-state index in [1.807, 2.05) is 23.7 Å². The van der Waals surface area contributed by atoms with Gasteiger partial charge in [0.05, 0.1) is 19.3 Å². The Labute approximate surface area is 142 Å². The van der Waals surface area contributed by atoms with E-state index >= 15 is 0 Å². The first-order valence-corrected chi connectivity index (χ1v) is 9.09. The number of morpholine rings is 1. The van der Waals surface area contributed by atoms with Gasteiger partial charge in [-0.25, -0.2) is 0 Å². The summed E-state index contributed by atoms with van der Waals surface area (Å²) in [5.41, 5.74) is 1.31. The number of aromatic nitrogens is 1. The molecule has 0 aliphatic carbocycles. The minimum atomic E-state index is 0.376. The molecule has 2 aromatic heterocycles. The van der Waals surface area contributed by atoms with Crippen LogP contribution in [0.1, 0.15) is 29.4 Å². The van der Waals surface area contributed by atoms with Gasteiger partial charge in [-0.2, -0.15) is 0 Å². The zero-order valence-electron chi connectivity index (χ0n) is 13.9. The highest BCUT2D eigenvalue weighted by molar-refractivity contribution is 7.10. The van der Waals surface area contributed by atoms with Gasteiger partial charge in [0.15, 0.2) is 0 Å². The summed E-state index contributed by atoms with van der Waals surface area (Å²) in [4.78, 5) is 10.6. The van der Waals surface area contributed by atoms with Crippen molar-refractivity contribution in [2.45, 2.75) is 19.0 Å². The molecule has 5 heteroatoms. The van der Waals surface area contributed by atoms with E-state index in [0.717, 1.165) is 32.8 Å². The largest absolute Gasteiger partial charge is 0.379 e. The van der Waals surface area contributed by atoms with Crippen LogP contribution in [0.2, 0.25) is 0 Å². The zero-order chi connectivity index (χ0) is 16.1. The van der Waals surface area contributed by atoms with E-state index in [9.17, 15) is 0 Å². The van der Waals surface area contributed by atoms with Gasteiger partial charge in [0.2, 0.25) is 0 Å². The third kappa shape index (κ3) is 4.18. The minimum Gasteiger partial charge on any atom is -0.379 e. The lowest BCUT2D eigenvalue weighted by Crippen LogP contribution is -2.43. The number of nitrogens with zero attached hydrogens (tertiary/aromatic N) is 3. The standard InChI is InChI=1S/C18H25N3OS/c1-15(16-5-7-19-8-6-16)20(2)14-17(18-4-3-13-23-18)21-9-11-22-12-10-21/h3-8,13,15,17H,9-12,14H2,1-2H3/t15-,17+/m1/s1. The number of thiophene rings is 1. The molecule has 1 aliphatic rings. The topological polar surface area (TPSA) is 28.6 Å². The minimum absolute atomic E-state index is 0.376. The lowest BCUT2D eigenvalue weighted by molar-refractivity contribution is 0.00767. The molecule has 2 aromatic rings. The summed E-state index contributed by atoms with van der Waals surface area (Å²) >= 11 is 1.86. The van der Waals surface area contributed by atoms with Gasteiger partial charge in [-0.3, -0.25) is 14.8 Å². The Morgan fingerprint density at radius 2 is 2.00 bits per heavy atom. The molecule has 1 aliphatic heterocycles. The molecule has 0 bridgehead atoms. The van der Waals surface area contributed by atoms with Crippen LogP contribution in [0.5, 0.6) is 0 Å². The summed E-state index contributed by atoms with van der Waals surface area (Å²) in [6, 6.07) is 9.44. The van der Waals surface area contributed by atoms with Gasteiger partial charge in [0.1, 0.15) is 0 Å². The van der Waals surface area contributed by atoms with Crippen LogP contribution in [-0.2, 0) is 4.74 Å². The van der Waals surface area contributed by atoms with Gasteiger partial charge < -0.3 is 4.74 Å². The molecule has 23 heavy (non-hydrogen) atoms. The van der Waals surface area contributed by atoms with Gasteiger partial charge in [0, 0.05) is 42.9 Å². The van der Waals surface area contributed by atoms with Crippen LogP contribution < -0.4 is 0 Å². The summed E-state index contributed by atoms with van der Waals surface area (Å²) in [5.74, 6) is 0. The van der Waals surface area contributed by atoms with Crippen LogP contribution in [0.25, 0.3) is 0 Å². The Bertz CT molecular complexity index is 569. The molecular formula is C18H25N3OS. The van der Waals surface area contributed by atoms with Crippen LogP contribution in [0.15, 0.2) is 42.0 Å². The first kappa shape index (κ1) is 16.6. The smallest absolute Gasteiger partial charge is 0.0594 e. The van der Waals surface area contributed by atoms with Crippen LogP contribution in [0.3, 0.4) is 0 Å². The van der Waals surface area contributed by atoms with Gasteiger partial charge in [0.25, 0.3) is 0 Å². The van der Waals surface area contributed by atoms with Crippen molar-refractivity contribution in [2.24, 2.45) is 0 Å². The predicted octanol–water partition coefficient (Wildman–Crippen LogP) is 3.21. The molecule has 0 spiro atoms. The van der Waals surface area contributed by atoms with Crippen molar-refractivity contribution < 1.29 is 4.74 Å². The zero-order valence-corrected chi connectivity index (χ0v) is 14.7. The van der Waals surface area contributed by atoms with E-state index in [1.54, 1.807) is 0 Å². The Balaban J connectivity index is 1.72. The molecule has 1 fully saturated rings. The molecule has 3 rings (SSSR count). The molecule has 0 N–H and O–H groups in total. The number of likely N-dealkylation sites (N-methyl/N-ethyl adjacent to an activating group) is 1. The molecule has 0 radical (unpaired) electrons. The van der Waals surface area contributed by atoms with Crippen molar-refractivity contribution >= 4 is 11.3 Å². The Hall–Kier alpha value is -1.27. The number of pyridine rings is 1. The molecule has 124 valence electrons. The highest BCUT2D eigenvalue weighted by Gasteiger charge is 2.26. The second kappa shape index (κ2) is 8.02. The fourth-order valence-corrected chi connectivity index (χ4v) is 3.93. The van der Waals surface area contributed by atoms with Crippen molar-refractivity contribution in [1.82, 2.24) is 14.8 Å². The first-order chi connectivity index (χ1) is 11.3.